The lowest BCUT2D eigenvalue weighted by molar-refractivity contribution is -0.138. The number of rotatable bonds is 5. The van der Waals surface area contributed by atoms with E-state index in [1.54, 1.807) is 23.3 Å². The van der Waals surface area contributed by atoms with Gasteiger partial charge in [0, 0.05) is 32.6 Å². The van der Waals surface area contributed by atoms with Crippen LogP contribution in [0.25, 0.3) is 0 Å². The molecule has 0 bridgehead atoms. The summed E-state index contributed by atoms with van der Waals surface area (Å²) < 4.78 is 0. The van der Waals surface area contributed by atoms with Crippen molar-refractivity contribution in [2.24, 2.45) is 10.4 Å². The molecule has 0 atom stereocenters. The summed E-state index contributed by atoms with van der Waals surface area (Å²) in [6.45, 7) is 3.34. The van der Waals surface area contributed by atoms with E-state index < -0.39 is 0 Å². The number of nitrogens with one attached hydrogen (secondary N) is 2. The highest BCUT2D eigenvalue weighted by Gasteiger charge is 2.42. The molecule has 1 heterocycles. The number of guanidine groups is 1. The Kier molecular flexibility index (Phi) is 8.41. The van der Waals surface area contributed by atoms with E-state index in [2.05, 4.69) is 20.6 Å². The van der Waals surface area contributed by atoms with Gasteiger partial charge in [0.1, 0.15) is 0 Å². The first kappa shape index (κ1) is 21.1. The molecule has 136 valence electrons. The van der Waals surface area contributed by atoms with Crippen molar-refractivity contribution in [2.75, 3.05) is 27.7 Å². The van der Waals surface area contributed by atoms with Gasteiger partial charge in [-0.1, -0.05) is 12.8 Å². The molecule has 0 radical (unpaired) electrons. The minimum Gasteiger partial charge on any atom is -0.355 e. The lowest BCUT2D eigenvalue weighted by atomic mass is 9.84. The molecule has 0 aromatic carbocycles. The summed E-state index contributed by atoms with van der Waals surface area (Å²) in [5.74, 6) is 0.951. The zero-order chi connectivity index (χ0) is 16.9. The molecule has 24 heavy (non-hydrogen) atoms. The normalized spacial score (nSPS) is 16.4. The maximum atomic E-state index is 12.6. The summed E-state index contributed by atoms with van der Waals surface area (Å²) in [4.78, 5) is 24.0. The number of thiazole rings is 1. The molecule has 2 rings (SSSR count). The second-order valence-corrected chi connectivity index (χ2v) is 7.27. The van der Waals surface area contributed by atoms with Crippen molar-refractivity contribution in [1.29, 1.82) is 0 Å². The van der Waals surface area contributed by atoms with Gasteiger partial charge in [-0.2, -0.15) is 0 Å². The number of hydrogen-bond acceptors (Lipinski definition) is 4. The third-order valence-corrected chi connectivity index (χ3v) is 5.43. The Morgan fingerprint density at radius 2 is 2.04 bits per heavy atom. The molecule has 1 aliphatic carbocycles. The van der Waals surface area contributed by atoms with Gasteiger partial charge in [-0.3, -0.25) is 9.79 Å². The fourth-order valence-electron chi connectivity index (χ4n) is 3.13. The second kappa shape index (κ2) is 9.55. The Bertz CT molecular complexity index is 567. The van der Waals surface area contributed by atoms with E-state index in [-0.39, 0.29) is 35.3 Å². The molecular formula is C16H28IN5OS. The van der Waals surface area contributed by atoms with Gasteiger partial charge in [-0.25, -0.2) is 4.98 Å². The molecule has 0 aliphatic heterocycles. The van der Waals surface area contributed by atoms with E-state index in [1.807, 2.05) is 26.5 Å². The number of nitrogens with zero attached hydrogens (tertiary/aromatic N) is 3. The van der Waals surface area contributed by atoms with E-state index in [0.29, 0.717) is 13.1 Å². The summed E-state index contributed by atoms with van der Waals surface area (Å²) in [7, 11) is 5.42. The highest BCUT2D eigenvalue weighted by molar-refractivity contribution is 14.0. The number of aromatic nitrogens is 1. The lowest BCUT2D eigenvalue weighted by Crippen LogP contribution is -2.49. The monoisotopic (exact) mass is 465 g/mol. The first-order chi connectivity index (χ1) is 11.0. The van der Waals surface area contributed by atoms with Crippen molar-refractivity contribution in [1.82, 2.24) is 20.5 Å². The molecule has 1 aliphatic rings. The summed E-state index contributed by atoms with van der Waals surface area (Å²) in [5.41, 5.74) is 2.61. The number of halogens is 1. The van der Waals surface area contributed by atoms with Crippen LogP contribution in [0.15, 0.2) is 10.5 Å². The number of carbonyl (C=O) groups excluding carboxylic acids is 1. The average molecular weight is 465 g/mol. The molecular weight excluding hydrogens is 437 g/mol. The predicted octanol–water partition coefficient (Wildman–Crippen LogP) is 2.38. The third-order valence-electron chi connectivity index (χ3n) is 4.50. The van der Waals surface area contributed by atoms with Crippen LogP contribution in [0.2, 0.25) is 0 Å². The van der Waals surface area contributed by atoms with Crippen LogP contribution in [-0.2, 0) is 11.3 Å². The Morgan fingerprint density at radius 3 is 2.54 bits per heavy atom. The molecule has 2 N–H and O–H groups in total. The van der Waals surface area contributed by atoms with E-state index in [1.165, 1.54) is 4.88 Å². The topological polar surface area (TPSA) is 69.6 Å². The van der Waals surface area contributed by atoms with Crippen LogP contribution in [0, 0.1) is 12.3 Å². The summed E-state index contributed by atoms with van der Waals surface area (Å²) >= 11 is 1.64. The van der Waals surface area contributed by atoms with Crippen molar-refractivity contribution in [3.05, 3.63) is 16.1 Å². The Labute approximate surface area is 165 Å². The van der Waals surface area contributed by atoms with Gasteiger partial charge in [0.15, 0.2) is 5.96 Å². The predicted molar refractivity (Wildman–Crippen MR) is 110 cm³/mol. The maximum absolute atomic E-state index is 12.6. The number of hydrogen-bond donors (Lipinski definition) is 2. The van der Waals surface area contributed by atoms with Crippen LogP contribution < -0.4 is 10.6 Å². The molecule has 0 spiro atoms. The van der Waals surface area contributed by atoms with Crippen LogP contribution in [0.1, 0.15) is 36.3 Å². The number of carbonyl (C=O) groups is 1. The molecule has 1 fully saturated rings. The molecule has 6 nitrogen and oxygen atoms in total. The highest BCUT2D eigenvalue weighted by atomic mass is 127. The number of aliphatic imine (C=N–C) groups is 1. The maximum Gasteiger partial charge on any atom is 0.230 e. The first-order valence-electron chi connectivity index (χ1n) is 8.04. The average Bonchev–Trinajstić information content (AvgIpc) is 3.17. The van der Waals surface area contributed by atoms with E-state index in [0.717, 1.165) is 37.3 Å². The Balaban J connectivity index is 0.00000288. The van der Waals surface area contributed by atoms with Gasteiger partial charge >= 0.3 is 0 Å². The minimum atomic E-state index is -0.290. The van der Waals surface area contributed by atoms with Crippen molar-refractivity contribution < 1.29 is 4.79 Å². The van der Waals surface area contributed by atoms with E-state index in [4.69, 9.17) is 0 Å². The van der Waals surface area contributed by atoms with Crippen LogP contribution in [0.4, 0.5) is 0 Å². The molecule has 0 saturated heterocycles. The Morgan fingerprint density at radius 1 is 1.38 bits per heavy atom. The van der Waals surface area contributed by atoms with Crippen LogP contribution in [-0.4, -0.2) is 49.4 Å². The van der Waals surface area contributed by atoms with Crippen molar-refractivity contribution in [2.45, 2.75) is 39.2 Å². The second-order valence-electron chi connectivity index (χ2n) is 6.33. The van der Waals surface area contributed by atoms with E-state index >= 15 is 0 Å². The number of aryl methyl sites for hydroxylation is 1. The largest absolute Gasteiger partial charge is 0.355 e. The summed E-state index contributed by atoms with van der Waals surface area (Å²) in [5, 5.41) is 6.65. The van der Waals surface area contributed by atoms with Crippen LogP contribution in [0.3, 0.4) is 0 Å². The number of amides is 1. The van der Waals surface area contributed by atoms with Crippen molar-refractivity contribution >= 4 is 47.2 Å². The SMILES string of the molecule is CN=C(NCc1scnc1C)NCC1(C(=O)N(C)C)CCCC1.I. The van der Waals surface area contributed by atoms with Crippen molar-refractivity contribution in [3.8, 4) is 0 Å². The Hall–Kier alpha value is -0.900. The molecule has 0 unspecified atom stereocenters. The van der Waals surface area contributed by atoms with Crippen LogP contribution >= 0.6 is 35.3 Å². The van der Waals surface area contributed by atoms with Gasteiger partial charge in [0.05, 0.1) is 23.2 Å². The van der Waals surface area contributed by atoms with Gasteiger partial charge in [0.2, 0.25) is 5.91 Å². The zero-order valence-corrected chi connectivity index (χ0v) is 18.0. The summed E-state index contributed by atoms with van der Waals surface area (Å²) in [6.07, 6.45) is 4.13. The van der Waals surface area contributed by atoms with Crippen molar-refractivity contribution in [3.63, 3.8) is 0 Å². The summed E-state index contributed by atoms with van der Waals surface area (Å²) in [6, 6.07) is 0. The quantitative estimate of drug-likeness (QED) is 0.398. The smallest absolute Gasteiger partial charge is 0.230 e. The van der Waals surface area contributed by atoms with E-state index in [9.17, 15) is 4.79 Å². The zero-order valence-electron chi connectivity index (χ0n) is 14.9. The fourth-order valence-corrected chi connectivity index (χ4v) is 3.84. The van der Waals surface area contributed by atoms with Gasteiger partial charge in [-0.15, -0.1) is 35.3 Å². The molecule has 1 saturated carbocycles. The molecule has 8 heteroatoms. The third kappa shape index (κ3) is 5.05. The standard InChI is InChI=1S/C16H27N5OS.HI/c1-12-13(23-11-20-12)9-18-15(17-2)19-10-16(7-5-6-8-16)14(22)21(3)4;/h11H,5-10H2,1-4H3,(H2,17,18,19);1H. The van der Waals surface area contributed by atoms with Gasteiger partial charge < -0.3 is 15.5 Å². The van der Waals surface area contributed by atoms with Gasteiger partial charge in [-0.05, 0) is 19.8 Å². The minimum absolute atomic E-state index is 0. The lowest BCUT2D eigenvalue weighted by Gasteiger charge is -2.31. The van der Waals surface area contributed by atoms with Gasteiger partial charge in [0.25, 0.3) is 0 Å². The highest BCUT2D eigenvalue weighted by Crippen LogP contribution is 2.38. The first-order valence-corrected chi connectivity index (χ1v) is 8.92. The van der Waals surface area contributed by atoms with Crippen LogP contribution in [0.5, 0.6) is 0 Å². The molecule has 1 aromatic heterocycles. The fraction of sp³-hybridized carbons (Fsp3) is 0.688. The molecule has 1 amide bonds. The molecule has 1 aromatic rings.